The Bertz CT molecular complexity index is 444. The van der Waals surface area contributed by atoms with E-state index in [0.29, 0.717) is 0 Å². The van der Waals surface area contributed by atoms with Crippen molar-refractivity contribution in [1.82, 2.24) is 0 Å². The number of hydrogen-bond donors (Lipinski definition) is 0. The SMILES string of the molecule is CC#Cc1ccccc1O[Si](C)(C)C(C)(C)C. The second-order valence-electron chi connectivity index (χ2n) is 5.73. The maximum absolute atomic E-state index is 6.29. The van der Waals surface area contributed by atoms with Crippen LogP contribution in [0.5, 0.6) is 5.75 Å². The number of benzene rings is 1. The first kappa shape index (κ1) is 13.9. The molecule has 2 heteroatoms. The molecule has 0 unspecified atom stereocenters. The Balaban J connectivity index is 3.06. The molecule has 1 nitrogen and oxygen atoms in total. The summed E-state index contributed by atoms with van der Waals surface area (Å²) in [5.74, 6) is 6.96. The molecular weight excluding hydrogens is 224 g/mol. The minimum absolute atomic E-state index is 0.208. The van der Waals surface area contributed by atoms with Gasteiger partial charge in [-0.25, -0.2) is 0 Å². The second-order valence-corrected chi connectivity index (χ2v) is 10.5. The summed E-state index contributed by atoms with van der Waals surface area (Å²) in [7, 11) is -1.77. The van der Waals surface area contributed by atoms with E-state index in [4.69, 9.17) is 4.43 Å². The summed E-state index contributed by atoms with van der Waals surface area (Å²) in [6, 6.07) is 8.03. The number of rotatable bonds is 2. The van der Waals surface area contributed by atoms with Crippen LogP contribution < -0.4 is 4.43 Å². The maximum atomic E-state index is 6.29. The molecule has 92 valence electrons. The molecule has 0 aliphatic carbocycles. The van der Waals surface area contributed by atoms with Gasteiger partial charge >= 0.3 is 0 Å². The Hall–Kier alpha value is -1.20. The van der Waals surface area contributed by atoms with Gasteiger partial charge in [-0.3, -0.25) is 0 Å². The Morgan fingerprint density at radius 1 is 1.12 bits per heavy atom. The van der Waals surface area contributed by atoms with Crippen molar-refractivity contribution in [3.05, 3.63) is 29.8 Å². The molecule has 0 amide bonds. The predicted octanol–water partition coefficient (Wildman–Crippen LogP) is 4.44. The van der Waals surface area contributed by atoms with Crippen LogP contribution in [0, 0.1) is 11.8 Å². The van der Waals surface area contributed by atoms with E-state index in [9.17, 15) is 0 Å². The topological polar surface area (TPSA) is 9.23 Å². The van der Waals surface area contributed by atoms with E-state index in [1.54, 1.807) is 0 Å². The summed E-state index contributed by atoms with van der Waals surface area (Å²) in [5, 5.41) is 0.208. The van der Waals surface area contributed by atoms with Gasteiger partial charge in [-0.2, -0.15) is 0 Å². The van der Waals surface area contributed by atoms with Crippen LogP contribution in [0.25, 0.3) is 0 Å². The molecule has 1 rings (SSSR count). The van der Waals surface area contributed by atoms with E-state index in [2.05, 4.69) is 45.7 Å². The fourth-order valence-corrected chi connectivity index (χ4v) is 2.26. The zero-order valence-electron chi connectivity index (χ0n) is 11.7. The molecule has 0 radical (unpaired) electrons. The lowest BCUT2D eigenvalue weighted by atomic mass is 10.2. The van der Waals surface area contributed by atoms with Crippen LogP contribution in [0.1, 0.15) is 33.3 Å². The molecule has 0 spiro atoms. The quantitative estimate of drug-likeness (QED) is 0.553. The average molecular weight is 246 g/mol. The molecule has 0 N–H and O–H groups in total. The van der Waals surface area contributed by atoms with Gasteiger partial charge in [0, 0.05) is 0 Å². The molecule has 0 aliphatic rings. The van der Waals surface area contributed by atoms with Gasteiger partial charge in [0.1, 0.15) is 5.75 Å². The second kappa shape index (κ2) is 4.97. The van der Waals surface area contributed by atoms with Gasteiger partial charge in [-0.15, -0.1) is 5.92 Å². The molecule has 1 aromatic carbocycles. The highest BCUT2D eigenvalue weighted by Crippen LogP contribution is 2.37. The third-order valence-electron chi connectivity index (χ3n) is 3.32. The highest BCUT2D eigenvalue weighted by molar-refractivity contribution is 6.74. The predicted molar refractivity (Wildman–Crippen MR) is 76.8 cm³/mol. The van der Waals surface area contributed by atoms with E-state index >= 15 is 0 Å². The van der Waals surface area contributed by atoms with Crippen LogP contribution in [0.4, 0.5) is 0 Å². The van der Waals surface area contributed by atoms with Gasteiger partial charge in [-0.05, 0) is 37.2 Å². The van der Waals surface area contributed by atoms with Crippen molar-refractivity contribution < 1.29 is 4.43 Å². The summed E-state index contributed by atoms with van der Waals surface area (Å²) >= 11 is 0. The van der Waals surface area contributed by atoms with Crippen molar-refractivity contribution >= 4 is 8.32 Å². The normalized spacial score (nSPS) is 11.6. The Morgan fingerprint density at radius 2 is 1.71 bits per heavy atom. The Kier molecular flexibility index (Phi) is 4.06. The number of para-hydroxylation sites is 1. The Labute approximate surface area is 106 Å². The molecule has 0 fully saturated rings. The fraction of sp³-hybridized carbons (Fsp3) is 0.467. The van der Waals surface area contributed by atoms with E-state index in [1.807, 2.05) is 31.2 Å². The molecule has 0 atom stereocenters. The highest BCUT2D eigenvalue weighted by Gasteiger charge is 2.39. The van der Waals surface area contributed by atoms with Crippen molar-refractivity contribution in [2.75, 3.05) is 0 Å². The largest absolute Gasteiger partial charge is 0.543 e. The molecule has 0 saturated carbocycles. The molecule has 0 saturated heterocycles. The summed E-state index contributed by atoms with van der Waals surface area (Å²) in [4.78, 5) is 0. The molecule has 0 heterocycles. The maximum Gasteiger partial charge on any atom is 0.250 e. The fourth-order valence-electron chi connectivity index (χ4n) is 1.22. The van der Waals surface area contributed by atoms with Crippen molar-refractivity contribution in [2.24, 2.45) is 0 Å². The van der Waals surface area contributed by atoms with Gasteiger partial charge in [0.2, 0.25) is 0 Å². The first-order chi connectivity index (χ1) is 7.78. The monoisotopic (exact) mass is 246 g/mol. The molecule has 0 bridgehead atoms. The lowest BCUT2D eigenvalue weighted by Crippen LogP contribution is -2.44. The summed E-state index contributed by atoms with van der Waals surface area (Å²) in [5.41, 5.74) is 0.986. The molecule has 17 heavy (non-hydrogen) atoms. The number of hydrogen-bond acceptors (Lipinski definition) is 1. The van der Waals surface area contributed by atoms with Crippen molar-refractivity contribution in [2.45, 2.75) is 45.8 Å². The minimum atomic E-state index is -1.77. The van der Waals surface area contributed by atoms with Crippen LogP contribution in [-0.2, 0) is 0 Å². The summed E-state index contributed by atoms with van der Waals surface area (Å²) in [6.07, 6.45) is 0. The van der Waals surface area contributed by atoms with Crippen LogP contribution in [-0.4, -0.2) is 8.32 Å². The lowest BCUT2D eigenvalue weighted by Gasteiger charge is -2.36. The zero-order chi connectivity index (χ0) is 13.1. The Morgan fingerprint density at radius 3 is 2.24 bits per heavy atom. The lowest BCUT2D eigenvalue weighted by molar-refractivity contribution is 0.491. The standard InChI is InChI=1S/C15H22OSi/c1-7-10-13-11-8-9-12-14(13)16-17(5,6)15(2,3)4/h8-9,11-12H,1-6H3. The molecule has 0 aromatic heterocycles. The minimum Gasteiger partial charge on any atom is -0.543 e. The first-order valence-corrected chi connectivity index (χ1v) is 8.89. The summed E-state index contributed by atoms with van der Waals surface area (Å²) in [6.45, 7) is 13.1. The van der Waals surface area contributed by atoms with E-state index in [0.717, 1.165) is 11.3 Å². The van der Waals surface area contributed by atoms with Gasteiger partial charge in [0.25, 0.3) is 8.32 Å². The van der Waals surface area contributed by atoms with Gasteiger partial charge < -0.3 is 4.43 Å². The molecule has 1 aromatic rings. The molecule has 0 aliphatic heterocycles. The smallest absolute Gasteiger partial charge is 0.250 e. The van der Waals surface area contributed by atoms with Crippen molar-refractivity contribution in [3.8, 4) is 17.6 Å². The van der Waals surface area contributed by atoms with Gasteiger partial charge in [0.05, 0.1) is 5.56 Å². The van der Waals surface area contributed by atoms with Crippen LogP contribution in [0.15, 0.2) is 24.3 Å². The third kappa shape index (κ3) is 3.37. The van der Waals surface area contributed by atoms with Crippen molar-refractivity contribution in [1.29, 1.82) is 0 Å². The van der Waals surface area contributed by atoms with Crippen LogP contribution in [0.3, 0.4) is 0 Å². The van der Waals surface area contributed by atoms with Crippen LogP contribution in [0.2, 0.25) is 18.1 Å². The average Bonchev–Trinajstić information content (AvgIpc) is 2.19. The summed E-state index contributed by atoms with van der Waals surface area (Å²) < 4.78 is 6.29. The first-order valence-electron chi connectivity index (χ1n) is 5.99. The van der Waals surface area contributed by atoms with Crippen molar-refractivity contribution in [3.63, 3.8) is 0 Å². The van der Waals surface area contributed by atoms with E-state index < -0.39 is 8.32 Å². The third-order valence-corrected chi connectivity index (χ3v) is 7.66. The van der Waals surface area contributed by atoms with Crippen LogP contribution >= 0.6 is 0 Å². The highest BCUT2D eigenvalue weighted by atomic mass is 28.4. The zero-order valence-corrected chi connectivity index (χ0v) is 12.7. The van der Waals surface area contributed by atoms with Gasteiger partial charge in [-0.1, -0.05) is 38.8 Å². The molecular formula is C15H22OSi. The van der Waals surface area contributed by atoms with E-state index in [1.165, 1.54) is 0 Å². The van der Waals surface area contributed by atoms with Gasteiger partial charge in [0.15, 0.2) is 0 Å². The van der Waals surface area contributed by atoms with E-state index in [-0.39, 0.29) is 5.04 Å².